The number of aromatic nitrogens is 3. The molecule has 3 rings (SSSR count). The van der Waals surface area contributed by atoms with Crippen LogP contribution in [-0.2, 0) is 19.5 Å². The highest BCUT2D eigenvalue weighted by molar-refractivity contribution is 5.96. The smallest absolute Gasteiger partial charge is 0.255 e. The SMILES string of the molecule is O=C(NCc1nnc2n1CCCC2)c1ccccc1O. The van der Waals surface area contributed by atoms with Gasteiger partial charge in [0.1, 0.15) is 11.6 Å². The zero-order valence-electron chi connectivity index (χ0n) is 11.0. The van der Waals surface area contributed by atoms with Crippen LogP contribution in [0.5, 0.6) is 5.75 Å². The van der Waals surface area contributed by atoms with Gasteiger partial charge >= 0.3 is 0 Å². The van der Waals surface area contributed by atoms with Crippen LogP contribution < -0.4 is 5.32 Å². The molecule has 2 N–H and O–H groups in total. The van der Waals surface area contributed by atoms with E-state index < -0.39 is 0 Å². The van der Waals surface area contributed by atoms with E-state index in [4.69, 9.17) is 0 Å². The van der Waals surface area contributed by atoms with Gasteiger partial charge in [0.15, 0.2) is 5.82 Å². The number of aryl methyl sites for hydroxylation is 1. The van der Waals surface area contributed by atoms with Gasteiger partial charge in [0.05, 0.1) is 12.1 Å². The van der Waals surface area contributed by atoms with Gasteiger partial charge in [0.2, 0.25) is 0 Å². The number of nitrogens with one attached hydrogen (secondary N) is 1. The quantitative estimate of drug-likeness (QED) is 0.881. The largest absolute Gasteiger partial charge is 0.507 e. The minimum Gasteiger partial charge on any atom is -0.507 e. The molecule has 0 spiro atoms. The first kappa shape index (κ1) is 12.7. The standard InChI is InChI=1S/C14H16N4O2/c19-11-6-2-1-5-10(11)14(20)15-9-13-17-16-12-7-3-4-8-18(12)13/h1-2,5-6,19H,3-4,7-9H2,(H,15,20). The van der Waals surface area contributed by atoms with Crippen LogP contribution in [0.3, 0.4) is 0 Å². The highest BCUT2D eigenvalue weighted by Crippen LogP contribution is 2.16. The Hall–Kier alpha value is -2.37. The van der Waals surface area contributed by atoms with Gasteiger partial charge in [-0.2, -0.15) is 0 Å². The first-order valence-corrected chi connectivity index (χ1v) is 6.73. The van der Waals surface area contributed by atoms with Crippen molar-refractivity contribution in [1.82, 2.24) is 20.1 Å². The zero-order valence-corrected chi connectivity index (χ0v) is 11.0. The number of carbonyl (C=O) groups excluding carboxylic acids is 1. The molecule has 0 radical (unpaired) electrons. The second kappa shape index (κ2) is 5.32. The molecule has 0 saturated carbocycles. The van der Waals surface area contributed by atoms with E-state index in [1.807, 2.05) is 0 Å². The van der Waals surface area contributed by atoms with E-state index in [9.17, 15) is 9.90 Å². The average Bonchev–Trinajstić information content (AvgIpc) is 2.88. The lowest BCUT2D eigenvalue weighted by Gasteiger charge is -2.14. The second-order valence-electron chi connectivity index (χ2n) is 4.84. The van der Waals surface area contributed by atoms with E-state index in [0.29, 0.717) is 6.54 Å². The van der Waals surface area contributed by atoms with Gasteiger partial charge in [-0.25, -0.2) is 0 Å². The number of amides is 1. The number of phenols is 1. The number of rotatable bonds is 3. The molecule has 6 nitrogen and oxygen atoms in total. The van der Waals surface area contributed by atoms with E-state index in [1.54, 1.807) is 18.2 Å². The van der Waals surface area contributed by atoms with Crippen LogP contribution in [0.1, 0.15) is 34.8 Å². The van der Waals surface area contributed by atoms with E-state index in [0.717, 1.165) is 37.5 Å². The maximum Gasteiger partial charge on any atom is 0.255 e. The lowest BCUT2D eigenvalue weighted by Crippen LogP contribution is -2.25. The molecule has 0 bridgehead atoms. The predicted octanol–water partition coefficient (Wildman–Crippen LogP) is 1.25. The Morgan fingerprint density at radius 1 is 1.30 bits per heavy atom. The Balaban J connectivity index is 1.69. The van der Waals surface area contributed by atoms with Crippen molar-refractivity contribution in [2.75, 3.05) is 0 Å². The lowest BCUT2D eigenvalue weighted by atomic mass is 10.1. The minimum atomic E-state index is -0.309. The molecule has 1 amide bonds. The fraction of sp³-hybridized carbons (Fsp3) is 0.357. The summed E-state index contributed by atoms with van der Waals surface area (Å²) in [6.07, 6.45) is 3.20. The normalized spacial score (nSPS) is 13.8. The first-order chi connectivity index (χ1) is 9.75. The summed E-state index contributed by atoms with van der Waals surface area (Å²) in [6, 6.07) is 6.48. The molecule has 6 heteroatoms. The molecule has 1 aromatic carbocycles. The number of aromatic hydroxyl groups is 1. The summed E-state index contributed by atoms with van der Waals surface area (Å²) in [4.78, 5) is 12.0. The number of hydrogen-bond acceptors (Lipinski definition) is 4. The number of fused-ring (bicyclic) bond motifs is 1. The predicted molar refractivity (Wildman–Crippen MR) is 72.2 cm³/mol. The van der Waals surface area contributed by atoms with E-state index in [-0.39, 0.29) is 17.2 Å². The third kappa shape index (κ3) is 2.36. The molecular weight excluding hydrogens is 256 g/mol. The Morgan fingerprint density at radius 2 is 2.15 bits per heavy atom. The number of nitrogens with zero attached hydrogens (tertiary/aromatic N) is 3. The molecule has 1 aromatic heterocycles. The Bertz CT molecular complexity index is 636. The molecule has 0 aliphatic carbocycles. The average molecular weight is 272 g/mol. The van der Waals surface area contributed by atoms with Gasteiger partial charge in [0, 0.05) is 13.0 Å². The van der Waals surface area contributed by atoms with Gasteiger partial charge in [-0.3, -0.25) is 4.79 Å². The second-order valence-corrected chi connectivity index (χ2v) is 4.84. The zero-order chi connectivity index (χ0) is 13.9. The van der Waals surface area contributed by atoms with Crippen LogP contribution >= 0.6 is 0 Å². The molecule has 20 heavy (non-hydrogen) atoms. The summed E-state index contributed by atoms with van der Waals surface area (Å²) in [6.45, 7) is 1.23. The summed E-state index contributed by atoms with van der Waals surface area (Å²) in [7, 11) is 0. The van der Waals surface area contributed by atoms with Crippen LogP contribution in [0.15, 0.2) is 24.3 Å². The third-order valence-corrected chi connectivity index (χ3v) is 3.49. The molecule has 0 unspecified atom stereocenters. The summed E-state index contributed by atoms with van der Waals surface area (Å²) < 4.78 is 2.06. The molecule has 0 fully saturated rings. The van der Waals surface area contributed by atoms with E-state index in [1.165, 1.54) is 6.07 Å². The van der Waals surface area contributed by atoms with Gasteiger partial charge in [-0.1, -0.05) is 12.1 Å². The highest BCUT2D eigenvalue weighted by atomic mass is 16.3. The number of phenolic OH excluding ortho intramolecular Hbond substituents is 1. The summed E-state index contributed by atoms with van der Waals surface area (Å²) in [5, 5.41) is 20.7. The van der Waals surface area contributed by atoms with Crippen LogP contribution in [-0.4, -0.2) is 25.8 Å². The van der Waals surface area contributed by atoms with Crippen LogP contribution in [0.25, 0.3) is 0 Å². The van der Waals surface area contributed by atoms with Crippen molar-refractivity contribution in [3.63, 3.8) is 0 Å². The van der Waals surface area contributed by atoms with Crippen molar-refractivity contribution < 1.29 is 9.90 Å². The van der Waals surface area contributed by atoms with Crippen LogP contribution in [0.4, 0.5) is 0 Å². The minimum absolute atomic E-state index is 0.0201. The van der Waals surface area contributed by atoms with Crippen LogP contribution in [0.2, 0.25) is 0 Å². The maximum atomic E-state index is 12.0. The van der Waals surface area contributed by atoms with Gasteiger partial charge in [-0.15, -0.1) is 10.2 Å². The van der Waals surface area contributed by atoms with Crippen molar-refractivity contribution in [2.45, 2.75) is 32.4 Å². The molecular formula is C14H16N4O2. The number of hydrogen-bond donors (Lipinski definition) is 2. The van der Waals surface area contributed by atoms with Crippen molar-refractivity contribution >= 4 is 5.91 Å². The van der Waals surface area contributed by atoms with Gasteiger partial charge in [-0.05, 0) is 25.0 Å². The van der Waals surface area contributed by atoms with Crippen molar-refractivity contribution in [3.8, 4) is 5.75 Å². The van der Waals surface area contributed by atoms with Crippen molar-refractivity contribution in [1.29, 1.82) is 0 Å². The maximum absolute atomic E-state index is 12.0. The first-order valence-electron chi connectivity index (χ1n) is 6.73. The van der Waals surface area contributed by atoms with Gasteiger partial charge in [0.25, 0.3) is 5.91 Å². The summed E-state index contributed by atoms with van der Waals surface area (Å²) in [5.74, 6) is 1.43. The molecule has 1 aliphatic heterocycles. The number of para-hydroxylation sites is 1. The van der Waals surface area contributed by atoms with E-state index in [2.05, 4.69) is 20.1 Å². The lowest BCUT2D eigenvalue weighted by molar-refractivity contribution is 0.0946. The Morgan fingerprint density at radius 3 is 3.00 bits per heavy atom. The molecule has 0 saturated heterocycles. The fourth-order valence-electron chi connectivity index (χ4n) is 2.42. The molecule has 0 atom stereocenters. The van der Waals surface area contributed by atoms with Crippen molar-refractivity contribution in [2.24, 2.45) is 0 Å². The molecule has 1 aliphatic rings. The third-order valence-electron chi connectivity index (χ3n) is 3.49. The Kier molecular flexibility index (Phi) is 3.37. The van der Waals surface area contributed by atoms with Gasteiger partial charge < -0.3 is 15.0 Å². The number of carbonyl (C=O) groups is 1. The van der Waals surface area contributed by atoms with Crippen molar-refractivity contribution in [3.05, 3.63) is 41.5 Å². The fourth-order valence-corrected chi connectivity index (χ4v) is 2.42. The molecule has 2 heterocycles. The Labute approximate surface area is 116 Å². The van der Waals surface area contributed by atoms with Crippen LogP contribution in [0, 0.1) is 0 Å². The number of benzene rings is 1. The summed E-state index contributed by atoms with van der Waals surface area (Å²) in [5.41, 5.74) is 0.269. The van der Waals surface area contributed by atoms with E-state index >= 15 is 0 Å². The molecule has 104 valence electrons. The summed E-state index contributed by atoms with van der Waals surface area (Å²) >= 11 is 0. The monoisotopic (exact) mass is 272 g/mol. The highest BCUT2D eigenvalue weighted by Gasteiger charge is 2.17. The topological polar surface area (TPSA) is 80.0 Å². The molecule has 2 aromatic rings.